The van der Waals surface area contributed by atoms with Crippen LogP contribution in [0.5, 0.6) is 0 Å². The van der Waals surface area contributed by atoms with Crippen molar-refractivity contribution < 1.29 is 4.79 Å². The predicted octanol–water partition coefficient (Wildman–Crippen LogP) is 5.10. The number of fused-ring (bicyclic) bond motifs is 1. The summed E-state index contributed by atoms with van der Waals surface area (Å²) in [4.78, 5) is 12.3. The highest BCUT2D eigenvalue weighted by Gasteiger charge is 2.21. The molecule has 19 heavy (non-hydrogen) atoms. The van der Waals surface area contributed by atoms with Crippen LogP contribution >= 0.6 is 0 Å². The second kappa shape index (κ2) is 6.70. The Morgan fingerprint density at radius 2 is 1.79 bits per heavy atom. The van der Waals surface area contributed by atoms with Crippen LogP contribution in [0.25, 0.3) is 0 Å². The molecule has 102 valence electrons. The van der Waals surface area contributed by atoms with E-state index in [1.54, 1.807) is 0 Å². The molecule has 0 bridgehead atoms. The summed E-state index contributed by atoms with van der Waals surface area (Å²) in [5, 5.41) is 0. The van der Waals surface area contributed by atoms with E-state index in [1.165, 1.54) is 43.2 Å². The normalized spacial score (nSPS) is 14.7. The largest absolute Gasteiger partial charge is 0.289 e. The lowest BCUT2D eigenvalue weighted by Gasteiger charge is -2.20. The van der Waals surface area contributed by atoms with Crippen LogP contribution in [-0.2, 0) is 6.42 Å². The number of hydrogen-bond acceptors (Lipinski definition) is 1. The van der Waals surface area contributed by atoms with E-state index in [-0.39, 0.29) is 5.78 Å². The van der Waals surface area contributed by atoms with Crippen LogP contribution in [0.15, 0.2) is 35.4 Å². The van der Waals surface area contributed by atoms with E-state index in [9.17, 15) is 4.79 Å². The third-order valence-corrected chi connectivity index (χ3v) is 4.12. The smallest absolute Gasteiger partial charge is 0.188 e. The molecule has 0 unspecified atom stereocenters. The number of rotatable bonds is 6. The van der Waals surface area contributed by atoms with Gasteiger partial charge in [0, 0.05) is 5.56 Å². The first-order chi connectivity index (χ1) is 9.24. The molecule has 0 radical (unpaired) electrons. The molecule has 0 saturated heterocycles. The van der Waals surface area contributed by atoms with E-state index in [0.717, 1.165) is 24.0 Å². The second-order valence-corrected chi connectivity index (χ2v) is 5.56. The van der Waals surface area contributed by atoms with Crippen LogP contribution in [0.4, 0.5) is 0 Å². The highest BCUT2D eigenvalue weighted by Crippen LogP contribution is 2.28. The van der Waals surface area contributed by atoms with Gasteiger partial charge in [-0.2, -0.15) is 0 Å². The highest BCUT2D eigenvalue weighted by atomic mass is 16.1. The first-order valence-electron chi connectivity index (χ1n) is 7.55. The van der Waals surface area contributed by atoms with Crippen LogP contribution < -0.4 is 0 Å². The molecule has 1 aliphatic rings. The molecule has 0 N–H and O–H groups in total. The van der Waals surface area contributed by atoms with Gasteiger partial charge in [0.15, 0.2) is 5.78 Å². The molecule has 1 aromatic rings. The quantitative estimate of drug-likeness (QED) is 0.647. The SMILES string of the molecule is CCCCCCCC1=C(C)C(=O)c2ccccc2C1. The van der Waals surface area contributed by atoms with Gasteiger partial charge in [0.1, 0.15) is 0 Å². The van der Waals surface area contributed by atoms with Crippen LogP contribution in [-0.4, -0.2) is 5.78 Å². The number of benzene rings is 1. The summed E-state index contributed by atoms with van der Waals surface area (Å²) in [7, 11) is 0. The Balaban J connectivity index is 1.98. The van der Waals surface area contributed by atoms with Crippen molar-refractivity contribution >= 4 is 5.78 Å². The molecule has 0 heterocycles. The lowest BCUT2D eigenvalue weighted by atomic mass is 9.83. The van der Waals surface area contributed by atoms with Gasteiger partial charge in [-0.3, -0.25) is 4.79 Å². The minimum absolute atomic E-state index is 0.241. The maximum atomic E-state index is 12.3. The van der Waals surface area contributed by atoms with Crippen molar-refractivity contribution in [3.63, 3.8) is 0 Å². The van der Waals surface area contributed by atoms with Crippen molar-refractivity contribution in [2.45, 2.75) is 58.8 Å². The predicted molar refractivity (Wildman–Crippen MR) is 80.6 cm³/mol. The monoisotopic (exact) mass is 256 g/mol. The number of unbranched alkanes of at least 4 members (excludes halogenated alkanes) is 4. The van der Waals surface area contributed by atoms with E-state index < -0.39 is 0 Å². The second-order valence-electron chi connectivity index (χ2n) is 5.56. The summed E-state index contributed by atoms with van der Waals surface area (Å²) in [6.07, 6.45) is 8.53. The van der Waals surface area contributed by atoms with Crippen molar-refractivity contribution in [2.24, 2.45) is 0 Å². The summed E-state index contributed by atoms with van der Waals surface area (Å²) < 4.78 is 0. The molecule has 1 nitrogen and oxygen atoms in total. The molecule has 0 spiro atoms. The van der Waals surface area contributed by atoms with Gasteiger partial charge in [-0.25, -0.2) is 0 Å². The summed E-state index contributed by atoms with van der Waals surface area (Å²) in [5.74, 6) is 0.241. The van der Waals surface area contributed by atoms with Crippen molar-refractivity contribution in [3.05, 3.63) is 46.5 Å². The number of ketones is 1. The topological polar surface area (TPSA) is 17.1 Å². The standard InChI is InChI=1S/C18H24O/c1-3-4-5-6-7-10-15-13-16-11-8-9-12-17(16)18(19)14(15)2/h8-9,11-12H,3-7,10,13H2,1-2H3. The van der Waals surface area contributed by atoms with E-state index >= 15 is 0 Å². The van der Waals surface area contributed by atoms with Gasteiger partial charge >= 0.3 is 0 Å². The Labute approximate surface area is 116 Å². The zero-order valence-electron chi connectivity index (χ0n) is 12.2. The Kier molecular flexibility index (Phi) is 4.95. The van der Waals surface area contributed by atoms with Crippen molar-refractivity contribution in [1.29, 1.82) is 0 Å². The van der Waals surface area contributed by atoms with Gasteiger partial charge in [-0.15, -0.1) is 0 Å². The third-order valence-electron chi connectivity index (χ3n) is 4.12. The third kappa shape index (κ3) is 3.34. The van der Waals surface area contributed by atoms with E-state index in [2.05, 4.69) is 13.0 Å². The molecule has 0 atom stereocenters. The maximum absolute atomic E-state index is 12.3. The average Bonchev–Trinajstić information content (AvgIpc) is 2.44. The first kappa shape index (κ1) is 14.0. The summed E-state index contributed by atoms with van der Waals surface area (Å²) >= 11 is 0. The van der Waals surface area contributed by atoms with Crippen LogP contribution in [0.2, 0.25) is 0 Å². The number of Topliss-reactive ketones (excluding diaryl/α,β-unsaturated/α-hetero) is 1. The van der Waals surface area contributed by atoms with Crippen LogP contribution in [0.1, 0.15) is 68.3 Å². The minimum atomic E-state index is 0.241. The van der Waals surface area contributed by atoms with Crippen molar-refractivity contribution in [1.82, 2.24) is 0 Å². The van der Waals surface area contributed by atoms with E-state index in [0.29, 0.717) is 0 Å². The molecule has 1 heteroatoms. The van der Waals surface area contributed by atoms with Crippen molar-refractivity contribution in [3.8, 4) is 0 Å². The zero-order valence-corrected chi connectivity index (χ0v) is 12.2. The fourth-order valence-electron chi connectivity index (χ4n) is 2.84. The number of carbonyl (C=O) groups is 1. The molecule has 0 aliphatic heterocycles. The van der Waals surface area contributed by atoms with Gasteiger partial charge in [-0.05, 0) is 37.3 Å². The number of hydrogen-bond donors (Lipinski definition) is 0. The van der Waals surface area contributed by atoms with Crippen molar-refractivity contribution in [2.75, 3.05) is 0 Å². The molecule has 0 saturated carbocycles. The Bertz CT molecular complexity index is 482. The van der Waals surface area contributed by atoms with E-state index in [1.807, 2.05) is 25.1 Å². The minimum Gasteiger partial charge on any atom is -0.289 e. The zero-order chi connectivity index (χ0) is 13.7. The first-order valence-corrected chi connectivity index (χ1v) is 7.55. The molecular weight excluding hydrogens is 232 g/mol. The Morgan fingerprint density at radius 3 is 2.58 bits per heavy atom. The lowest BCUT2D eigenvalue weighted by Crippen LogP contribution is -2.14. The molecule has 1 aliphatic carbocycles. The fraction of sp³-hybridized carbons (Fsp3) is 0.500. The number of carbonyl (C=O) groups excluding carboxylic acids is 1. The Hall–Kier alpha value is -1.37. The summed E-state index contributed by atoms with van der Waals surface area (Å²) in [6, 6.07) is 8.04. The molecule has 0 aromatic heterocycles. The number of allylic oxidation sites excluding steroid dienone is 2. The van der Waals surface area contributed by atoms with Gasteiger partial charge in [0.25, 0.3) is 0 Å². The molecule has 1 aromatic carbocycles. The van der Waals surface area contributed by atoms with E-state index in [4.69, 9.17) is 0 Å². The summed E-state index contributed by atoms with van der Waals surface area (Å²) in [6.45, 7) is 4.24. The van der Waals surface area contributed by atoms with Gasteiger partial charge in [0.2, 0.25) is 0 Å². The van der Waals surface area contributed by atoms with Gasteiger partial charge in [0.05, 0.1) is 0 Å². The van der Waals surface area contributed by atoms with Crippen LogP contribution in [0.3, 0.4) is 0 Å². The summed E-state index contributed by atoms with van der Waals surface area (Å²) in [5.41, 5.74) is 4.48. The lowest BCUT2D eigenvalue weighted by molar-refractivity contribution is 0.102. The van der Waals surface area contributed by atoms with Gasteiger partial charge < -0.3 is 0 Å². The molecule has 0 amide bonds. The fourth-order valence-corrected chi connectivity index (χ4v) is 2.84. The Morgan fingerprint density at radius 1 is 1.05 bits per heavy atom. The van der Waals surface area contributed by atoms with Gasteiger partial charge in [-0.1, -0.05) is 62.4 Å². The molecule has 0 fully saturated rings. The molecular formula is C18H24O. The van der Waals surface area contributed by atoms with Crippen LogP contribution in [0, 0.1) is 0 Å². The maximum Gasteiger partial charge on any atom is 0.188 e. The average molecular weight is 256 g/mol. The molecule has 2 rings (SSSR count). The highest BCUT2D eigenvalue weighted by molar-refractivity contribution is 6.11.